The molecule has 0 amide bonds. The van der Waals surface area contributed by atoms with E-state index in [1.54, 1.807) is 0 Å². The quantitative estimate of drug-likeness (QED) is 0.675. The van der Waals surface area contributed by atoms with E-state index in [1.165, 1.54) is 12.0 Å². The third kappa shape index (κ3) is 3.47. The second-order valence-corrected chi connectivity index (χ2v) is 4.13. The monoisotopic (exact) mass is 213 g/mol. The van der Waals surface area contributed by atoms with E-state index in [-0.39, 0.29) is 0 Å². The molecule has 1 nitrogen and oxygen atoms in total. The molecule has 0 aromatic carbocycles. The number of likely N-dealkylation sites (N-methyl/N-ethyl adjacent to an activating group) is 1. The van der Waals surface area contributed by atoms with E-state index in [4.69, 9.17) is 11.6 Å². The number of halogens is 1. The van der Waals surface area contributed by atoms with Crippen LogP contribution in [-0.2, 0) is 0 Å². The summed E-state index contributed by atoms with van der Waals surface area (Å²) >= 11 is 6.15. The molecule has 0 saturated carbocycles. The molecular formula is C12H20ClN. The van der Waals surface area contributed by atoms with E-state index in [1.807, 2.05) is 0 Å². The summed E-state index contributed by atoms with van der Waals surface area (Å²) in [6.07, 6.45) is 7.87. The number of allylic oxidation sites excluding steroid dienone is 2. The van der Waals surface area contributed by atoms with E-state index in [0.29, 0.717) is 0 Å². The maximum atomic E-state index is 6.15. The molecule has 0 saturated heterocycles. The van der Waals surface area contributed by atoms with Crippen LogP contribution in [0.15, 0.2) is 22.8 Å². The number of rotatable bonds is 5. The smallest absolute Gasteiger partial charge is 0.0408 e. The summed E-state index contributed by atoms with van der Waals surface area (Å²) in [5.41, 5.74) is 1.31. The van der Waals surface area contributed by atoms with Gasteiger partial charge in [-0.05, 0) is 37.9 Å². The Morgan fingerprint density at radius 2 is 2.00 bits per heavy atom. The summed E-state index contributed by atoms with van der Waals surface area (Å²) in [5.74, 6) is 0. The first-order valence-electron chi connectivity index (χ1n) is 5.55. The highest BCUT2D eigenvalue weighted by Gasteiger charge is 2.09. The van der Waals surface area contributed by atoms with Crippen molar-refractivity contribution in [1.82, 2.24) is 4.90 Å². The van der Waals surface area contributed by atoms with Crippen molar-refractivity contribution in [1.29, 1.82) is 0 Å². The molecule has 0 bridgehead atoms. The van der Waals surface area contributed by atoms with Crippen molar-refractivity contribution in [2.24, 2.45) is 0 Å². The van der Waals surface area contributed by atoms with Gasteiger partial charge in [0.05, 0.1) is 0 Å². The second-order valence-electron chi connectivity index (χ2n) is 3.73. The van der Waals surface area contributed by atoms with Gasteiger partial charge in [0.15, 0.2) is 0 Å². The molecule has 0 radical (unpaired) electrons. The molecular weight excluding hydrogens is 194 g/mol. The van der Waals surface area contributed by atoms with Crippen LogP contribution >= 0.6 is 11.6 Å². The first-order valence-corrected chi connectivity index (χ1v) is 5.93. The van der Waals surface area contributed by atoms with E-state index in [2.05, 4.69) is 30.9 Å². The molecule has 0 unspecified atom stereocenters. The van der Waals surface area contributed by atoms with Crippen LogP contribution in [0.4, 0.5) is 0 Å². The van der Waals surface area contributed by atoms with Crippen LogP contribution in [0, 0.1) is 0 Å². The highest BCUT2D eigenvalue weighted by molar-refractivity contribution is 6.32. The van der Waals surface area contributed by atoms with Gasteiger partial charge >= 0.3 is 0 Å². The molecule has 80 valence electrons. The van der Waals surface area contributed by atoms with Crippen LogP contribution < -0.4 is 0 Å². The largest absolute Gasteiger partial charge is 0.299 e. The number of nitrogens with zero attached hydrogens (tertiary/aromatic N) is 1. The SMILES string of the molecule is CCCN(CC)CC1=CCCC=C1Cl. The molecule has 0 N–H and O–H groups in total. The highest BCUT2D eigenvalue weighted by Crippen LogP contribution is 2.22. The normalized spacial score (nSPS) is 16.9. The molecule has 1 aliphatic rings. The maximum absolute atomic E-state index is 6.15. The third-order valence-electron chi connectivity index (χ3n) is 2.57. The van der Waals surface area contributed by atoms with E-state index >= 15 is 0 Å². The van der Waals surface area contributed by atoms with Gasteiger partial charge in [0, 0.05) is 11.6 Å². The molecule has 0 aromatic rings. The average Bonchev–Trinajstić information content (AvgIpc) is 2.20. The standard InChI is InChI=1S/C12H20ClN/c1-3-9-14(4-2)10-11-7-5-6-8-12(11)13/h7-8H,3-6,9-10H2,1-2H3. The van der Waals surface area contributed by atoms with Gasteiger partial charge in [-0.1, -0.05) is 37.6 Å². The van der Waals surface area contributed by atoms with Gasteiger partial charge < -0.3 is 0 Å². The molecule has 0 heterocycles. The zero-order valence-electron chi connectivity index (χ0n) is 9.22. The highest BCUT2D eigenvalue weighted by atomic mass is 35.5. The molecule has 2 heteroatoms. The summed E-state index contributed by atoms with van der Waals surface area (Å²) in [7, 11) is 0. The van der Waals surface area contributed by atoms with Gasteiger partial charge in [-0.2, -0.15) is 0 Å². The Kier molecular flexibility index (Phi) is 5.28. The minimum atomic E-state index is 0.964. The van der Waals surface area contributed by atoms with Crippen molar-refractivity contribution in [3.8, 4) is 0 Å². The van der Waals surface area contributed by atoms with E-state index in [0.717, 1.165) is 37.5 Å². The Balaban J connectivity index is 2.49. The first-order chi connectivity index (χ1) is 6.77. The third-order valence-corrected chi connectivity index (χ3v) is 2.97. The lowest BCUT2D eigenvalue weighted by Gasteiger charge is -2.22. The molecule has 0 aliphatic heterocycles. The van der Waals surface area contributed by atoms with Gasteiger partial charge in [0.25, 0.3) is 0 Å². The summed E-state index contributed by atoms with van der Waals surface area (Å²) in [5, 5.41) is 0.964. The van der Waals surface area contributed by atoms with Crippen LogP contribution in [0.1, 0.15) is 33.1 Å². The van der Waals surface area contributed by atoms with Gasteiger partial charge in [-0.15, -0.1) is 0 Å². The Bertz CT molecular complexity index is 230. The number of hydrogen-bond donors (Lipinski definition) is 0. The van der Waals surface area contributed by atoms with E-state index < -0.39 is 0 Å². The van der Waals surface area contributed by atoms with Crippen LogP contribution in [-0.4, -0.2) is 24.5 Å². The van der Waals surface area contributed by atoms with Crippen molar-refractivity contribution < 1.29 is 0 Å². The summed E-state index contributed by atoms with van der Waals surface area (Å²) in [6, 6.07) is 0. The van der Waals surface area contributed by atoms with Crippen LogP contribution in [0.2, 0.25) is 0 Å². The fraction of sp³-hybridized carbons (Fsp3) is 0.667. The molecule has 14 heavy (non-hydrogen) atoms. The Morgan fingerprint density at radius 3 is 2.57 bits per heavy atom. The predicted octanol–water partition coefficient (Wildman–Crippen LogP) is 3.56. The van der Waals surface area contributed by atoms with Gasteiger partial charge in [0.1, 0.15) is 0 Å². The van der Waals surface area contributed by atoms with Gasteiger partial charge in [0.2, 0.25) is 0 Å². The van der Waals surface area contributed by atoms with Crippen molar-refractivity contribution in [2.75, 3.05) is 19.6 Å². The molecule has 1 aliphatic carbocycles. The predicted molar refractivity (Wildman–Crippen MR) is 63.7 cm³/mol. The summed E-state index contributed by atoms with van der Waals surface area (Å²) < 4.78 is 0. The Morgan fingerprint density at radius 1 is 1.29 bits per heavy atom. The van der Waals surface area contributed by atoms with Crippen molar-refractivity contribution in [3.63, 3.8) is 0 Å². The Hall–Kier alpha value is -0.270. The lowest BCUT2D eigenvalue weighted by Crippen LogP contribution is -2.27. The topological polar surface area (TPSA) is 3.24 Å². The number of hydrogen-bond acceptors (Lipinski definition) is 1. The second kappa shape index (κ2) is 6.26. The summed E-state index contributed by atoms with van der Waals surface area (Å²) in [6.45, 7) is 7.71. The van der Waals surface area contributed by atoms with Crippen LogP contribution in [0.25, 0.3) is 0 Å². The maximum Gasteiger partial charge on any atom is 0.0408 e. The zero-order valence-corrected chi connectivity index (χ0v) is 9.98. The van der Waals surface area contributed by atoms with Gasteiger partial charge in [-0.25, -0.2) is 0 Å². The molecule has 1 rings (SSSR count). The van der Waals surface area contributed by atoms with Crippen LogP contribution in [0.5, 0.6) is 0 Å². The lowest BCUT2D eigenvalue weighted by atomic mass is 10.1. The fourth-order valence-electron chi connectivity index (χ4n) is 1.74. The average molecular weight is 214 g/mol. The minimum absolute atomic E-state index is 0.964. The van der Waals surface area contributed by atoms with Crippen molar-refractivity contribution in [2.45, 2.75) is 33.1 Å². The van der Waals surface area contributed by atoms with Gasteiger partial charge in [-0.3, -0.25) is 4.90 Å². The first kappa shape index (κ1) is 11.8. The fourth-order valence-corrected chi connectivity index (χ4v) is 1.99. The van der Waals surface area contributed by atoms with E-state index in [9.17, 15) is 0 Å². The van der Waals surface area contributed by atoms with Crippen LogP contribution in [0.3, 0.4) is 0 Å². The van der Waals surface area contributed by atoms with Crippen molar-refractivity contribution >= 4 is 11.6 Å². The Labute approximate surface area is 92.4 Å². The van der Waals surface area contributed by atoms with Crippen molar-refractivity contribution in [3.05, 3.63) is 22.8 Å². The summed E-state index contributed by atoms with van der Waals surface area (Å²) in [4.78, 5) is 2.44. The molecule has 0 spiro atoms. The zero-order chi connectivity index (χ0) is 10.4. The minimum Gasteiger partial charge on any atom is -0.299 e. The molecule has 0 atom stereocenters. The molecule has 0 fully saturated rings. The molecule has 0 aromatic heterocycles. The lowest BCUT2D eigenvalue weighted by molar-refractivity contribution is 0.314.